The fraction of sp³-hybridized carbons (Fsp3) is 0.250. The average Bonchev–Trinajstić information content (AvgIpc) is 2.01. The Bertz CT molecular complexity index is 384. The summed E-state index contributed by atoms with van der Waals surface area (Å²) >= 11 is 6.85. The van der Waals surface area contributed by atoms with E-state index < -0.39 is 17.2 Å². The van der Waals surface area contributed by atoms with Crippen molar-refractivity contribution in [1.29, 1.82) is 0 Å². The van der Waals surface area contributed by atoms with E-state index in [1.165, 1.54) is 6.07 Å². The maximum Gasteiger partial charge on any atom is 0.267 e. The van der Waals surface area contributed by atoms with Crippen LogP contribution in [0.1, 0.15) is 28.0 Å². The van der Waals surface area contributed by atoms with Crippen LogP contribution in [0.4, 0.5) is 8.78 Å². The van der Waals surface area contributed by atoms with Gasteiger partial charge in [-0.25, -0.2) is 13.8 Å². The number of nitrogens with zero attached hydrogens (tertiary/aromatic N) is 1. The highest BCUT2D eigenvalue weighted by Gasteiger charge is 2.21. The van der Waals surface area contributed by atoms with E-state index in [0.717, 1.165) is 0 Å². The lowest BCUT2D eigenvalue weighted by molar-refractivity contribution is 0.106. The summed E-state index contributed by atoms with van der Waals surface area (Å²) in [6.07, 6.45) is -2.74. The van der Waals surface area contributed by atoms with E-state index in [4.69, 9.17) is 11.6 Å². The molecule has 76 valence electrons. The quantitative estimate of drug-likeness (QED) is 0.473. The SMILES string of the molecule is Cc1cc(C(=O)Cl)c(C(F)F)c(I)n1. The van der Waals surface area contributed by atoms with Crippen LogP contribution in [0.2, 0.25) is 0 Å². The summed E-state index contributed by atoms with van der Waals surface area (Å²) in [4.78, 5) is 14.7. The van der Waals surface area contributed by atoms with Crippen LogP contribution in [0.3, 0.4) is 0 Å². The second-order valence-corrected chi connectivity index (χ2v) is 3.96. The van der Waals surface area contributed by atoms with E-state index in [0.29, 0.717) is 5.69 Å². The van der Waals surface area contributed by atoms with Crippen LogP contribution < -0.4 is 0 Å². The van der Waals surface area contributed by atoms with Crippen LogP contribution in [0, 0.1) is 10.6 Å². The molecule has 0 saturated heterocycles. The number of aryl methyl sites for hydroxylation is 1. The van der Waals surface area contributed by atoms with Gasteiger partial charge in [0.15, 0.2) is 0 Å². The number of pyridine rings is 1. The largest absolute Gasteiger partial charge is 0.276 e. The van der Waals surface area contributed by atoms with Crippen molar-refractivity contribution < 1.29 is 13.6 Å². The van der Waals surface area contributed by atoms with Gasteiger partial charge in [-0.3, -0.25) is 4.79 Å². The van der Waals surface area contributed by atoms with E-state index in [-0.39, 0.29) is 9.26 Å². The number of carbonyl (C=O) groups is 1. The summed E-state index contributed by atoms with van der Waals surface area (Å²) in [6.45, 7) is 1.61. The molecular formula is C8H5ClF2INO. The Morgan fingerprint density at radius 2 is 2.21 bits per heavy atom. The number of alkyl halides is 2. The summed E-state index contributed by atoms with van der Waals surface area (Å²) in [5.41, 5.74) is -0.0717. The lowest BCUT2D eigenvalue weighted by Gasteiger charge is -2.07. The first-order valence-electron chi connectivity index (χ1n) is 3.58. The molecule has 0 fully saturated rings. The lowest BCUT2D eigenvalue weighted by atomic mass is 10.1. The molecule has 0 radical (unpaired) electrons. The first kappa shape index (κ1) is 11.8. The number of hydrogen-bond acceptors (Lipinski definition) is 2. The fourth-order valence-electron chi connectivity index (χ4n) is 1.02. The van der Waals surface area contributed by atoms with Crippen molar-refractivity contribution in [3.05, 3.63) is 26.6 Å². The van der Waals surface area contributed by atoms with Gasteiger partial charge < -0.3 is 0 Å². The molecule has 0 aliphatic carbocycles. The minimum Gasteiger partial charge on any atom is -0.276 e. The van der Waals surface area contributed by atoms with Gasteiger partial charge in [-0.2, -0.15) is 0 Å². The van der Waals surface area contributed by atoms with Crippen LogP contribution in [0.25, 0.3) is 0 Å². The van der Waals surface area contributed by atoms with Crippen molar-refractivity contribution in [3.63, 3.8) is 0 Å². The van der Waals surface area contributed by atoms with Crippen molar-refractivity contribution in [2.45, 2.75) is 13.3 Å². The molecule has 0 bridgehead atoms. The Balaban J connectivity index is 3.44. The topological polar surface area (TPSA) is 30.0 Å². The highest BCUT2D eigenvalue weighted by atomic mass is 127. The van der Waals surface area contributed by atoms with Crippen LogP contribution >= 0.6 is 34.2 Å². The molecule has 0 aliphatic rings. The molecule has 0 atom stereocenters. The zero-order chi connectivity index (χ0) is 10.9. The van der Waals surface area contributed by atoms with Gasteiger partial charge in [0.05, 0.1) is 5.56 Å². The standard InChI is InChI=1S/C8H5ClF2INO/c1-3-2-4(6(9)14)5(7(10)11)8(12)13-3/h2,7H,1H3. The molecule has 1 heterocycles. The molecule has 2 nitrogen and oxygen atoms in total. The zero-order valence-electron chi connectivity index (χ0n) is 7.02. The van der Waals surface area contributed by atoms with Gasteiger partial charge in [0, 0.05) is 11.3 Å². The van der Waals surface area contributed by atoms with Crippen molar-refractivity contribution in [2.24, 2.45) is 0 Å². The summed E-state index contributed by atoms with van der Waals surface area (Å²) in [5, 5.41) is -0.885. The second-order valence-electron chi connectivity index (χ2n) is 2.59. The first-order valence-corrected chi connectivity index (χ1v) is 5.04. The lowest BCUT2D eigenvalue weighted by Crippen LogP contribution is -2.04. The maximum absolute atomic E-state index is 12.5. The number of aromatic nitrogens is 1. The monoisotopic (exact) mass is 331 g/mol. The molecule has 1 aromatic heterocycles. The molecule has 1 aromatic rings. The molecule has 0 aliphatic heterocycles. The summed E-state index contributed by atoms with van der Waals surface area (Å²) in [5.74, 6) is 0. The van der Waals surface area contributed by atoms with E-state index >= 15 is 0 Å². The van der Waals surface area contributed by atoms with Gasteiger partial charge >= 0.3 is 0 Å². The van der Waals surface area contributed by atoms with E-state index in [1.54, 1.807) is 29.5 Å². The molecular weight excluding hydrogens is 326 g/mol. The van der Waals surface area contributed by atoms with Gasteiger partial charge in [-0.05, 0) is 47.2 Å². The van der Waals surface area contributed by atoms with Crippen LogP contribution in [0.5, 0.6) is 0 Å². The number of halogens is 4. The van der Waals surface area contributed by atoms with Gasteiger partial charge in [0.1, 0.15) is 3.70 Å². The molecule has 0 unspecified atom stereocenters. The Hall–Kier alpha value is -0.300. The average molecular weight is 331 g/mol. The fourth-order valence-corrected chi connectivity index (χ4v) is 2.08. The molecule has 1 rings (SSSR count). The number of hydrogen-bond donors (Lipinski definition) is 0. The Kier molecular flexibility index (Phi) is 3.77. The van der Waals surface area contributed by atoms with Crippen molar-refractivity contribution in [3.8, 4) is 0 Å². The first-order chi connectivity index (χ1) is 6.43. The number of carbonyl (C=O) groups excluding carboxylic acids is 1. The summed E-state index contributed by atoms with van der Waals surface area (Å²) < 4.78 is 25.2. The molecule has 0 amide bonds. The highest BCUT2D eigenvalue weighted by molar-refractivity contribution is 14.1. The third-order valence-electron chi connectivity index (χ3n) is 1.57. The van der Waals surface area contributed by atoms with E-state index in [9.17, 15) is 13.6 Å². The molecule has 0 aromatic carbocycles. The van der Waals surface area contributed by atoms with Crippen molar-refractivity contribution >= 4 is 39.4 Å². The van der Waals surface area contributed by atoms with Crippen LogP contribution in [0.15, 0.2) is 6.07 Å². The van der Waals surface area contributed by atoms with Gasteiger partial charge in [-0.15, -0.1) is 0 Å². The summed E-state index contributed by atoms with van der Waals surface area (Å²) in [6, 6.07) is 1.26. The van der Waals surface area contributed by atoms with Gasteiger partial charge in [0.2, 0.25) is 0 Å². The van der Waals surface area contributed by atoms with Crippen LogP contribution in [-0.4, -0.2) is 10.2 Å². The Labute approximate surface area is 97.8 Å². The minimum absolute atomic E-state index is 0.113. The molecule has 0 saturated carbocycles. The van der Waals surface area contributed by atoms with Crippen LogP contribution in [-0.2, 0) is 0 Å². The smallest absolute Gasteiger partial charge is 0.267 e. The highest BCUT2D eigenvalue weighted by Crippen LogP contribution is 2.28. The molecule has 0 N–H and O–H groups in total. The maximum atomic E-state index is 12.5. The van der Waals surface area contributed by atoms with Crippen molar-refractivity contribution in [2.75, 3.05) is 0 Å². The molecule has 6 heteroatoms. The zero-order valence-corrected chi connectivity index (χ0v) is 9.94. The molecule has 0 spiro atoms. The number of rotatable bonds is 2. The predicted octanol–water partition coefficient (Wildman–Crippen LogP) is 3.31. The predicted molar refractivity (Wildman–Crippen MR) is 56.8 cm³/mol. The second kappa shape index (κ2) is 4.48. The third kappa shape index (κ3) is 2.38. The van der Waals surface area contributed by atoms with Gasteiger partial charge in [0.25, 0.3) is 11.7 Å². The Morgan fingerprint density at radius 1 is 1.64 bits per heavy atom. The van der Waals surface area contributed by atoms with Crippen molar-refractivity contribution in [1.82, 2.24) is 4.98 Å². The Morgan fingerprint density at radius 3 is 2.64 bits per heavy atom. The minimum atomic E-state index is -2.74. The third-order valence-corrected chi connectivity index (χ3v) is 2.60. The normalized spacial score (nSPS) is 10.7. The van der Waals surface area contributed by atoms with Gasteiger partial charge in [-0.1, -0.05) is 0 Å². The molecule has 14 heavy (non-hydrogen) atoms. The summed E-state index contributed by atoms with van der Waals surface area (Å²) in [7, 11) is 0. The van der Waals surface area contributed by atoms with E-state index in [2.05, 4.69) is 4.98 Å². The van der Waals surface area contributed by atoms with E-state index in [1.807, 2.05) is 0 Å².